The van der Waals surface area contributed by atoms with E-state index in [1.165, 1.54) is 5.56 Å². The number of hydrazone groups is 1. The third-order valence-corrected chi connectivity index (χ3v) is 4.64. The molecule has 23 heavy (non-hydrogen) atoms. The summed E-state index contributed by atoms with van der Waals surface area (Å²) in [6.45, 7) is 6.17. The van der Waals surface area contributed by atoms with Crippen LogP contribution in [0.2, 0.25) is 0 Å². The number of ether oxygens (including phenoxy) is 1. The smallest absolute Gasteiger partial charge is 0.277 e. The van der Waals surface area contributed by atoms with E-state index in [0.29, 0.717) is 11.7 Å². The summed E-state index contributed by atoms with van der Waals surface area (Å²) < 4.78 is 5.48. The molecule has 1 aromatic carbocycles. The van der Waals surface area contributed by atoms with Crippen LogP contribution in [0.4, 0.5) is 0 Å². The highest BCUT2D eigenvalue weighted by molar-refractivity contribution is 7.12. The summed E-state index contributed by atoms with van der Waals surface area (Å²) in [5.74, 6) is 0.944. The first kappa shape index (κ1) is 17.2. The lowest BCUT2D eigenvalue weighted by molar-refractivity contribution is -0.123. The van der Waals surface area contributed by atoms with Crippen LogP contribution in [0.25, 0.3) is 0 Å². The molecule has 0 aliphatic carbocycles. The fourth-order valence-electron chi connectivity index (χ4n) is 2.00. The van der Waals surface area contributed by atoms with Crippen LogP contribution in [0.15, 0.2) is 46.9 Å². The lowest BCUT2D eigenvalue weighted by Crippen LogP contribution is -2.25. The lowest BCUT2D eigenvalue weighted by atomic mass is 9.99. The Morgan fingerprint density at radius 1 is 1.30 bits per heavy atom. The molecule has 1 N–H and O–H groups in total. The van der Waals surface area contributed by atoms with Crippen molar-refractivity contribution in [3.05, 3.63) is 52.2 Å². The molecule has 1 unspecified atom stereocenters. The lowest BCUT2D eigenvalue weighted by Gasteiger charge is -2.10. The maximum absolute atomic E-state index is 11.8. The second-order valence-electron chi connectivity index (χ2n) is 5.38. The molecule has 5 heteroatoms. The Balaban J connectivity index is 1.81. The molecule has 0 aliphatic heterocycles. The van der Waals surface area contributed by atoms with E-state index in [0.717, 1.165) is 17.0 Å². The second kappa shape index (κ2) is 8.48. The zero-order chi connectivity index (χ0) is 16.7. The van der Waals surface area contributed by atoms with E-state index in [1.807, 2.05) is 48.7 Å². The topological polar surface area (TPSA) is 50.7 Å². The predicted octanol–water partition coefficient (Wildman–Crippen LogP) is 4.18. The molecular formula is C18H22N2O2S. The number of nitrogens with zero attached hydrogens (tertiary/aromatic N) is 1. The molecule has 0 saturated carbocycles. The molecule has 0 saturated heterocycles. The van der Waals surface area contributed by atoms with Gasteiger partial charge in [0.25, 0.3) is 5.91 Å². The summed E-state index contributed by atoms with van der Waals surface area (Å²) in [5.41, 5.74) is 4.57. The van der Waals surface area contributed by atoms with Gasteiger partial charge in [0.1, 0.15) is 5.75 Å². The molecule has 4 nitrogen and oxygen atoms in total. The van der Waals surface area contributed by atoms with Crippen molar-refractivity contribution >= 4 is 23.0 Å². The molecular weight excluding hydrogens is 308 g/mol. The Hall–Kier alpha value is -2.14. The average molecular weight is 330 g/mol. The zero-order valence-corrected chi connectivity index (χ0v) is 14.5. The van der Waals surface area contributed by atoms with Crippen molar-refractivity contribution in [2.24, 2.45) is 5.10 Å². The monoisotopic (exact) mass is 330 g/mol. The molecule has 1 atom stereocenters. The Labute approximate surface area is 141 Å². The van der Waals surface area contributed by atoms with E-state index < -0.39 is 0 Å². The van der Waals surface area contributed by atoms with Gasteiger partial charge in [0.05, 0.1) is 5.71 Å². The number of thiophene rings is 1. The molecule has 2 aromatic rings. The fourth-order valence-corrected chi connectivity index (χ4v) is 2.67. The van der Waals surface area contributed by atoms with Crippen LogP contribution in [0.1, 0.15) is 43.6 Å². The van der Waals surface area contributed by atoms with Crippen LogP contribution in [0.3, 0.4) is 0 Å². The van der Waals surface area contributed by atoms with Gasteiger partial charge in [-0.15, -0.1) is 11.3 Å². The minimum absolute atomic E-state index is 0.0517. The van der Waals surface area contributed by atoms with E-state index in [1.54, 1.807) is 11.3 Å². The van der Waals surface area contributed by atoms with Crippen LogP contribution in [-0.2, 0) is 4.79 Å². The number of hydrogen-bond donors (Lipinski definition) is 1. The number of benzene rings is 1. The number of amides is 1. The van der Waals surface area contributed by atoms with Gasteiger partial charge in [0.15, 0.2) is 6.61 Å². The highest BCUT2D eigenvalue weighted by Crippen LogP contribution is 2.21. The van der Waals surface area contributed by atoms with Crippen LogP contribution in [0.5, 0.6) is 5.75 Å². The minimum Gasteiger partial charge on any atom is -0.484 e. The van der Waals surface area contributed by atoms with Gasteiger partial charge in [-0.2, -0.15) is 5.10 Å². The van der Waals surface area contributed by atoms with E-state index in [9.17, 15) is 4.79 Å². The summed E-state index contributed by atoms with van der Waals surface area (Å²) in [7, 11) is 0. The molecule has 1 amide bonds. The van der Waals surface area contributed by atoms with Crippen molar-refractivity contribution in [2.45, 2.75) is 33.1 Å². The molecule has 0 bridgehead atoms. The first-order chi connectivity index (χ1) is 11.1. The normalized spacial score (nSPS) is 12.7. The summed E-state index contributed by atoms with van der Waals surface area (Å²) in [6.07, 6.45) is 1.10. The van der Waals surface area contributed by atoms with Gasteiger partial charge >= 0.3 is 0 Å². The number of carbonyl (C=O) groups is 1. The third kappa shape index (κ3) is 5.21. The molecule has 122 valence electrons. The Kier molecular flexibility index (Phi) is 6.35. The summed E-state index contributed by atoms with van der Waals surface area (Å²) in [4.78, 5) is 12.8. The molecule has 0 fully saturated rings. The second-order valence-corrected chi connectivity index (χ2v) is 6.32. The van der Waals surface area contributed by atoms with Crippen LogP contribution in [0, 0.1) is 0 Å². The fraction of sp³-hybridized carbons (Fsp3) is 0.333. The van der Waals surface area contributed by atoms with Crippen molar-refractivity contribution in [3.63, 3.8) is 0 Å². The van der Waals surface area contributed by atoms with Gasteiger partial charge in [-0.3, -0.25) is 4.79 Å². The molecule has 0 spiro atoms. The van der Waals surface area contributed by atoms with E-state index >= 15 is 0 Å². The van der Waals surface area contributed by atoms with Crippen molar-refractivity contribution in [2.75, 3.05) is 6.61 Å². The average Bonchev–Trinajstić information content (AvgIpc) is 3.12. The Bertz CT molecular complexity index is 648. The van der Waals surface area contributed by atoms with Crippen molar-refractivity contribution in [1.82, 2.24) is 5.43 Å². The van der Waals surface area contributed by atoms with Gasteiger partial charge in [0.2, 0.25) is 0 Å². The predicted molar refractivity (Wildman–Crippen MR) is 95.3 cm³/mol. The van der Waals surface area contributed by atoms with E-state index in [-0.39, 0.29) is 12.5 Å². The molecule has 1 aromatic heterocycles. The van der Waals surface area contributed by atoms with Gasteiger partial charge in [-0.05, 0) is 48.4 Å². The summed E-state index contributed by atoms with van der Waals surface area (Å²) >= 11 is 1.58. The Morgan fingerprint density at radius 2 is 2.04 bits per heavy atom. The van der Waals surface area contributed by atoms with E-state index in [2.05, 4.69) is 24.4 Å². The molecule has 0 radical (unpaired) electrons. The van der Waals surface area contributed by atoms with Gasteiger partial charge < -0.3 is 4.74 Å². The quantitative estimate of drug-likeness (QED) is 0.611. The molecule has 1 heterocycles. The van der Waals surface area contributed by atoms with Crippen LogP contribution >= 0.6 is 11.3 Å². The maximum Gasteiger partial charge on any atom is 0.277 e. The summed E-state index contributed by atoms with van der Waals surface area (Å²) in [6, 6.07) is 11.8. The van der Waals surface area contributed by atoms with Crippen molar-refractivity contribution in [1.29, 1.82) is 0 Å². The standard InChI is InChI=1S/C18H22N2O2S/c1-4-13(2)15-7-9-16(10-8-15)22-12-18(21)20-19-14(3)17-6-5-11-23-17/h5-11,13H,4,12H2,1-3H3,(H,20,21)/b19-14+. The molecule has 0 aliphatic rings. The first-order valence-corrected chi connectivity index (χ1v) is 8.58. The van der Waals surface area contributed by atoms with Gasteiger partial charge in [0, 0.05) is 4.88 Å². The van der Waals surface area contributed by atoms with Gasteiger partial charge in [-0.25, -0.2) is 5.43 Å². The van der Waals surface area contributed by atoms with Gasteiger partial charge in [-0.1, -0.05) is 32.0 Å². The number of rotatable bonds is 7. The first-order valence-electron chi connectivity index (χ1n) is 7.70. The van der Waals surface area contributed by atoms with Crippen molar-refractivity contribution < 1.29 is 9.53 Å². The Morgan fingerprint density at radius 3 is 2.65 bits per heavy atom. The largest absolute Gasteiger partial charge is 0.484 e. The van der Waals surface area contributed by atoms with Crippen molar-refractivity contribution in [3.8, 4) is 5.75 Å². The number of nitrogens with one attached hydrogen (secondary N) is 1. The van der Waals surface area contributed by atoms with E-state index in [4.69, 9.17) is 4.74 Å². The number of hydrogen-bond acceptors (Lipinski definition) is 4. The highest BCUT2D eigenvalue weighted by atomic mass is 32.1. The highest BCUT2D eigenvalue weighted by Gasteiger charge is 2.05. The summed E-state index contributed by atoms with van der Waals surface area (Å²) in [5, 5.41) is 6.05. The molecule has 2 rings (SSSR count). The minimum atomic E-state index is -0.271. The van der Waals surface area contributed by atoms with Crippen LogP contribution < -0.4 is 10.2 Å². The maximum atomic E-state index is 11.8. The SMILES string of the molecule is CCC(C)c1ccc(OCC(=O)N/N=C(\C)c2cccs2)cc1. The number of carbonyl (C=O) groups excluding carboxylic acids is 1. The van der Waals surface area contributed by atoms with Crippen LogP contribution in [-0.4, -0.2) is 18.2 Å². The third-order valence-electron chi connectivity index (χ3n) is 3.66. The zero-order valence-electron chi connectivity index (χ0n) is 13.7.